The molecule has 0 aliphatic heterocycles. The van der Waals surface area contributed by atoms with Gasteiger partial charge in [-0.2, -0.15) is 5.26 Å². The molecule has 0 bridgehead atoms. The second-order valence-electron chi connectivity index (χ2n) is 5.76. The third-order valence-electron chi connectivity index (χ3n) is 4.01. The molecule has 138 valence electrons. The zero-order valence-electron chi connectivity index (χ0n) is 14.2. The van der Waals surface area contributed by atoms with E-state index in [9.17, 15) is 25.3 Å². The topological polar surface area (TPSA) is 116 Å². The first-order valence-electron chi connectivity index (χ1n) is 7.98. The van der Waals surface area contributed by atoms with Crippen LogP contribution in [0.3, 0.4) is 0 Å². The number of nitro groups is 1. The number of amides is 1. The number of phenolic OH excluding ortho intramolecular Hbond substituents is 1. The quantitative estimate of drug-likeness (QED) is 0.289. The van der Waals surface area contributed by atoms with E-state index in [-0.39, 0.29) is 27.7 Å². The van der Waals surface area contributed by atoms with Gasteiger partial charge in [-0.25, -0.2) is 0 Å². The fourth-order valence-corrected chi connectivity index (χ4v) is 2.81. The van der Waals surface area contributed by atoms with Crippen LogP contribution in [-0.4, -0.2) is 15.9 Å². The van der Waals surface area contributed by atoms with Gasteiger partial charge >= 0.3 is 0 Å². The molecule has 3 aromatic carbocycles. The molecular weight excluding hydrogens is 382 g/mol. The summed E-state index contributed by atoms with van der Waals surface area (Å²) in [5.41, 5.74) is -0.234. The van der Waals surface area contributed by atoms with Crippen LogP contribution in [0.15, 0.2) is 60.2 Å². The van der Waals surface area contributed by atoms with Crippen LogP contribution < -0.4 is 5.32 Å². The molecule has 0 saturated heterocycles. The van der Waals surface area contributed by atoms with Crippen molar-refractivity contribution in [2.75, 3.05) is 5.32 Å². The van der Waals surface area contributed by atoms with E-state index in [1.807, 2.05) is 12.1 Å². The first-order valence-corrected chi connectivity index (χ1v) is 8.36. The van der Waals surface area contributed by atoms with Crippen LogP contribution in [-0.2, 0) is 4.79 Å². The van der Waals surface area contributed by atoms with E-state index in [0.29, 0.717) is 10.9 Å². The van der Waals surface area contributed by atoms with Crippen molar-refractivity contribution >= 4 is 45.7 Å². The Kier molecular flexibility index (Phi) is 5.25. The van der Waals surface area contributed by atoms with Crippen molar-refractivity contribution in [3.8, 4) is 11.8 Å². The summed E-state index contributed by atoms with van der Waals surface area (Å²) in [6.07, 6.45) is 1.26. The van der Waals surface area contributed by atoms with Crippen molar-refractivity contribution in [2.45, 2.75) is 0 Å². The molecule has 0 atom stereocenters. The van der Waals surface area contributed by atoms with Gasteiger partial charge in [0.05, 0.1) is 15.6 Å². The van der Waals surface area contributed by atoms with Crippen molar-refractivity contribution in [3.05, 3.63) is 80.9 Å². The van der Waals surface area contributed by atoms with Gasteiger partial charge in [0.15, 0.2) is 0 Å². The number of nitriles is 1. The Labute approximate surface area is 164 Å². The van der Waals surface area contributed by atoms with Crippen LogP contribution >= 0.6 is 11.6 Å². The number of non-ortho nitro benzene ring substituents is 1. The first-order chi connectivity index (χ1) is 13.4. The predicted octanol–water partition coefficient (Wildman–Crippen LogP) is 4.65. The van der Waals surface area contributed by atoms with Crippen LogP contribution in [0, 0.1) is 21.4 Å². The molecule has 0 unspecified atom stereocenters. The molecule has 0 aliphatic rings. The summed E-state index contributed by atoms with van der Waals surface area (Å²) in [7, 11) is 0. The second kappa shape index (κ2) is 7.78. The SMILES string of the molecule is N#C/C(=C\c1c(O)ccc2ccccc12)C(=O)Nc1cc([N+](=O)[O-])ccc1Cl. The summed E-state index contributed by atoms with van der Waals surface area (Å²) in [6, 6.07) is 15.7. The monoisotopic (exact) mass is 393 g/mol. The number of rotatable bonds is 4. The number of hydrogen-bond donors (Lipinski definition) is 2. The van der Waals surface area contributed by atoms with E-state index in [1.54, 1.807) is 24.3 Å². The minimum absolute atomic E-state index is 0.00385. The van der Waals surface area contributed by atoms with Gasteiger partial charge in [0.2, 0.25) is 0 Å². The molecule has 1 amide bonds. The summed E-state index contributed by atoms with van der Waals surface area (Å²) in [5.74, 6) is -0.898. The Hall–Kier alpha value is -3.89. The van der Waals surface area contributed by atoms with Gasteiger partial charge in [0.1, 0.15) is 17.4 Å². The van der Waals surface area contributed by atoms with Crippen molar-refractivity contribution in [1.82, 2.24) is 0 Å². The highest BCUT2D eigenvalue weighted by Gasteiger charge is 2.16. The number of nitrogens with zero attached hydrogens (tertiary/aromatic N) is 2. The van der Waals surface area contributed by atoms with Crippen LogP contribution in [0.5, 0.6) is 5.75 Å². The maximum absolute atomic E-state index is 12.5. The van der Waals surface area contributed by atoms with Gasteiger partial charge in [-0.1, -0.05) is 41.9 Å². The van der Waals surface area contributed by atoms with E-state index in [4.69, 9.17) is 11.6 Å². The van der Waals surface area contributed by atoms with Crippen LogP contribution in [0.25, 0.3) is 16.8 Å². The lowest BCUT2D eigenvalue weighted by molar-refractivity contribution is -0.384. The number of halogens is 1. The highest BCUT2D eigenvalue weighted by atomic mass is 35.5. The summed E-state index contributed by atoms with van der Waals surface area (Å²) < 4.78 is 0. The Bertz CT molecular complexity index is 1180. The summed E-state index contributed by atoms with van der Waals surface area (Å²) in [6.45, 7) is 0. The zero-order valence-corrected chi connectivity index (χ0v) is 15.0. The summed E-state index contributed by atoms with van der Waals surface area (Å²) in [5, 5.41) is 34.5. The number of benzene rings is 3. The van der Waals surface area contributed by atoms with E-state index in [0.717, 1.165) is 11.5 Å². The normalized spacial score (nSPS) is 11.1. The van der Waals surface area contributed by atoms with Crippen molar-refractivity contribution in [3.63, 3.8) is 0 Å². The van der Waals surface area contributed by atoms with Crippen LogP contribution in [0.2, 0.25) is 5.02 Å². The van der Waals surface area contributed by atoms with Gasteiger partial charge in [-0.05, 0) is 29.0 Å². The number of carbonyl (C=O) groups excluding carboxylic acids is 1. The fourth-order valence-electron chi connectivity index (χ4n) is 2.64. The maximum Gasteiger partial charge on any atom is 0.271 e. The lowest BCUT2D eigenvalue weighted by Gasteiger charge is -2.08. The van der Waals surface area contributed by atoms with E-state index in [2.05, 4.69) is 5.32 Å². The molecule has 7 nitrogen and oxygen atoms in total. The van der Waals surface area contributed by atoms with E-state index >= 15 is 0 Å². The van der Waals surface area contributed by atoms with Gasteiger partial charge in [0.25, 0.3) is 11.6 Å². The number of nitro benzene ring substituents is 1. The van der Waals surface area contributed by atoms with Crippen molar-refractivity contribution < 1.29 is 14.8 Å². The number of carbonyl (C=O) groups is 1. The third kappa shape index (κ3) is 3.77. The summed E-state index contributed by atoms with van der Waals surface area (Å²) in [4.78, 5) is 22.8. The maximum atomic E-state index is 12.5. The number of aromatic hydroxyl groups is 1. The van der Waals surface area contributed by atoms with Gasteiger partial charge in [-0.3, -0.25) is 14.9 Å². The smallest absolute Gasteiger partial charge is 0.271 e. The average Bonchev–Trinajstić information content (AvgIpc) is 2.68. The highest BCUT2D eigenvalue weighted by molar-refractivity contribution is 6.34. The molecule has 2 N–H and O–H groups in total. The number of nitrogens with one attached hydrogen (secondary N) is 1. The number of phenols is 1. The Morgan fingerprint density at radius 2 is 1.96 bits per heavy atom. The minimum atomic E-state index is -0.808. The first kappa shape index (κ1) is 18.9. The Morgan fingerprint density at radius 1 is 1.21 bits per heavy atom. The van der Waals surface area contributed by atoms with Crippen LogP contribution in [0.1, 0.15) is 5.56 Å². The molecule has 0 spiro atoms. The molecule has 8 heteroatoms. The molecule has 0 fully saturated rings. The predicted molar refractivity (Wildman–Crippen MR) is 106 cm³/mol. The average molecular weight is 394 g/mol. The molecule has 0 radical (unpaired) electrons. The Balaban J connectivity index is 2.00. The molecule has 3 rings (SSSR count). The van der Waals surface area contributed by atoms with E-state index in [1.165, 1.54) is 24.3 Å². The molecular formula is C20H12ClN3O4. The molecule has 0 aromatic heterocycles. The largest absolute Gasteiger partial charge is 0.507 e. The highest BCUT2D eigenvalue weighted by Crippen LogP contribution is 2.30. The molecule has 3 aromatic rings. The molecule has 28 heavy (non-hydrogen) atoms. The Morgan fingerprint density at radius 3 is 2.68 bits per heavy atom. The third-order valence-corrected chi connectivity index (χ3v) is 4.34. The van der Waals surface area contributed by atoms with E-state index < -0.39 is 10.8 Å². The lowest BCUT2D eigenvalue weighted by atomic mass is 10.0. The number of fused-ring (bicyclic) bond motifs is 1. The fraction of sp³-hybridized carbons (Fsp3) is 0. The van der Waals surface area contributed by atoms with Gasteiger partial charge < -0.3 is 10.4 Å². The number of anilines is 1. The summed E-state index contributed by atoms with van der Waals surface area (Å²) >= 11 is 5.98. The molecule has 0 saturated carbocycles. The zero-order chi connectivity index (χ0) is 20.3. The van der Waals surface area contributed by atoms with Crippen molar-refractivity contribution in [1.29, 1.82) is 5.26 Å². The van der Waals surface area contributed by atoms with Gasteiger partial charge in [-0.15, -0.1) is 0 Å². The van der Waals surface area contributed by atoms with Crippen LogP contribution in [0.4, 0.5) is 11.4 Å². The minimum Gasteiger partial charge on any atom is -0.507 e. The molecule has 0 heterocycles. The molecule has 0 aliphatic carbocycles. The second-order valence-corrected chi connectivity index (χ2v) is 6.17. The van der Waals surface area contributed by atoms with Gasteiger partial charge in [0, 0.05) is 17.7 Å². The standard InChI is InChI=1S/C20H12ClN3O4/c21-17-7-6-14(24(27)28)10-18(17)23-20(26)13(11-22)9-16-15-4-2-1-3-12(15)5-8-19(16)25/h1-10,25H,(H,23,26)/b13-9+. The number of hydrogen-bond acceptors (Lipinski definition) is 5. The lowest BCUT2D eigenvalue weighted by Crippen LogP contribution is -2.14. The van der Waals surface area contributed by atoms with Crippen molar-refractivity contribution in [2.24, 2.45) is 0 Å².